The van der Waals surface area contributed by atoms with Gasteiger partial charge in [0.15, 0.2) is 5.13 Å². The Hall–Kier alpha value is -2.34. The summed E-state index contributed by atoms with van der Waals surface area (Å²) < 4.78 is 1.03. The van der Waals surface area contributed by atoms with E-state index in [2.05, 4.69) is 25.8 Å². The number of anilines is 2. The standard InChI is InChI=1S/C16H16N4OS/c21-12-4-5-13-14(11-12)22-16(18-13)20-9-7-19(8-10-20)15-3-1-2-6-17-15/h1-6,11,21H,7-10H2. The Morgan fingerprint density at radius 1 is 1.00 bits per heavy atom. The largest absolute Gasteiger partial charge is 0.508 e. The molecule has 1 aromatic carbocycles. The van der Waals surface area contributed by atoms with Crippen LogP contribution >= 0.6 is 11.3 Å². The molecule has 0 bridgehead atoms. The highest BCUT2D eigenvalue weighted by Gasteiger charge is 2.20. The number of phenolic OH excluding ortho intramolecular Hbond substituents is 1. The summed E-state index contributed by atoms with van der Waals surface area (Å²) in [6.45, 7) is 3.75. The number of fused-ring (bicyclic) bond motifs is 1. The van der Waals surface area contributed by atoms with Crippen molar-refractivity contribution in [2.75, 3.05) is 36.0 Å². The molecule has 3 heterocycles. The molecule has 0 saturated carbocycles. The van der Waals surface area contributed by atoms with Crippen LogP contribution < -0.4 is 9.80 Å². The van der Waals surface area contributed by atoms with Crippen LogP contribution in [0.1, 0.15) is 0 Å². The van der Waals surface area contributed by atoms with Crippen molar-refractivity contribution in [3.8, 4) is 5.75 Å². The summed E-state index contributed by atoms with van der Waals surface area (Å²) >= 11 is 1.64. The van der Waals surface area contributed by atoms with Crippen LogP contribution in [-0.2, 0) is 0 Å². The number of piperazine rings is 1. The van der Waals surface area contributed by atoms with Crippen molar-refractivity contribution in [3.05, 3.63) is 42.6 Å². The second-order valence-electron chi connectivity index (χ2n) is 5.31. The molecule has 112 valence electrons. The molecular formula is C16H16N4OS. The maximum atomic E-state index is 9.56. The summed E-state index contributed by atoms with van der Waals surface area (Å²) in [6.07, 6.45) is 1.84. The fourth-order valence-electron chi connectivity index (χ4n) is 2.70. The molecular weight excluding hydrogens is 296 g/mol. The van der Waals surface area contributed by atoms with E-state index >= 15 is 0 Å². The molecule has 0 amide bonds. The number of hydrogen-bond donors (Lipinski definition) is 1. The minimum absolute atomic E-state index is 0.294. The Morgan fingerprint density at radius 3 is 2.59 bits per heavy atom. The number of thiazole rings is 1. The lowest BCUT2D eigenvalue weighted by atomic mass is 10.3. The number of nitrogens with zero attached hydrogens (tertiary/aromatic N) is 4. The van der Waals surface area contributed by atoms with Gasteiger partial charge in [0.25, 0.3) is 0 Å². The zero-order valence-electron chi connectivity index (χ0n) is 12.0. The molecule has 0 radical (unpaired) electrons. The molecule has 4 rings (SSSR count). The van der Waals surface area contributed by atoms with E-state index in [1.807, 2.05) is 24.4 Å². The van der Waals surface area contributed by atoms with Crippen LogP contribution in [0.2, 0.25) is 0 Å². The highest BCUT2D eigenvalue weighted by Crippen LogP contribution is 2.31. The predicted octanol–water partition coefficient (Wildman–Crippen LogP) is 2.72. The van der Waals surface area contributed by atoms with E-state index in [1.165, 1.54) is 0 Å². The summed E-state index contributed by atoms with van der Waals surface area (Å²) in [6, 6.07) is 11.3. The van der Waals surface area contributed by atoms with Crippen LogP contribution in [-0.4, -0.2) is 41.3 Å². The van der Waals surface area contributed by atoms with Crippen molar-refractivity contribution in [1.82, 2.24) is 9.97 Å². The molecule has 5 nitrogen and oxygen atoms in total. The maximum Gasteiger partial charge on any atom is 0.186 e. The first-order chi connectivity index (χ1) is 10.8. The summed E-state index contributed by atoms with van der Waals surface area (Å²) in [4.78, 5) is 13.7. The molecule has 1 saturated heterocycles. The summed E-state index contributed by atoms with van der Waals surface area (Å²) in [5, 5.41) is 10.6. The van der Waals surface area contributed by atoms with E-state index in [4.69, 9.17) is 0 Å². The normalized spacial score (nSPS) is 15.5. The van der Waals surface area contributed by atoms with E-state index in [-0.39, 0.29) is 0 Å². The molecule has 2 aromatic heterocycles. The van der Waals surface area contributed by atoms with Crippen molar-refractivity contribution in [1.29, 1.82) is 0 Å². The van der Waals surface area contributed by atoms with Crippen LogP contribution in [0.3, 0.4) is 0 Å². The smallest absolute Gasteiger partial charge is 0.186 e. The lowest BCUT2D eigenvalue weighted by Crippen LogP contribution is -2.46. The monoisotopic (exact) mass is 312 g/mol. The van der Waals surface area contributed by atoms with Gasteiger partial charge >= 0.3 is 0 Å². The van der Waals surface area contributed by atoms with Gasteiger partial charge in [-0.1, -0.05) is 17.4 Å². The van der Waals surface area contributed by atoms with Gasteiger partial charge < -0.3 is 14.9 Å². The number of hydrogen-bond acceptors (Lipinski definition) is 6. The molecule has 1 fully saturated rings. The Bertz CT molecular complexity index is 781. The van der Waals surface area contributed by atoms with E-state index in [0.29, 0.717) is 5.75 Å². The molecule has 1 N–H and O–H groups in total. The fraction of sp³-hybridized carbons (Fsp3) is 0.250. The maximum absolute atomic E-state index is 9.56. The zero-order valence-corrected chi connectivity index (χ0v) is 12.8. The van der Waals surface area contributed by atoms with Crippen molar-refractivity contribution in [2.24, 2.45) is 0 Å². The number of aromatic hydroxyl groups is 1. The fourth-order valence-corrected chi connectivity index (χ4v) is 3.75. The number of aromatic nitrogens is 2. The van der Waals surface area contributed by atoms with Crippen molar-refractivity contribution in [3.63, 3.8) is 0 Å². The lowest BCUT2D eigenvalue weighted by molar-refractivity contribution is 0.476. The predicted molar refractivity (Wildman–Crippen MR) is 89.9 cm³/mol. The summed E-state index contributed by atoms with van der Waals surface area (Å²) in [5.74, 6) is 1.33. The number of pyridine rings is 1. The minimum atomic E-state index is 0.294. The lowest BCUT2D eigenvalue weighted by Gasteiger charge is -2.35. The van der Waals surface area contributed by atoms with E-state index in [1.54, 1.807) is 23.5 Å². The molecule has 0 aliphatic carbocycles. The molecule has 1 aliphatic rings. The van der Waals surface area contributed by atoms with Crippen molar-refractivity contribution in [2.45, 2.75) is 0 Å². The first-order valence-electron chi connectivity index (χ1n) is 7.30. The second-order valence-corrected chi connectivity index (χ2v) is 6.32. The van der Waals surface area contributed by atoms with Gasteiger partial charge in [-0.15, -0.1) is 0 Å². The van der Waals surface area contributed by atoms with Crippen molar-refractivity contribution >= 4 is 32.5 Å². The first kappa shape index (κ1) is 13.3. The van der Waals surface area contributed by atoms with Gasteiger partial charge in [0.2, 0.25) is 0 Å². The molecule has 0 atom stereocenters. The summed E-state index contributed by atoms with van der Waals surface area (Å²) in [5.41, 5.74) is 0.949. The van der Waals surface area contributed by atoms with Gasteiger partial charge in [0.05, 0.1) is 10.2 Å². The van der Waals surface area contributed by atoms with Crippen LogP contribution in [0, 0.1) is 0 Å². The quantitative estimate of drug-likeness (QED) is 0.788. The number of benzene rings is 1. The molecule has 1 aliphatic heterocycles. The number of phenols is 1. The highest BCUT2D eigenvalue weighted by atomic mass is 32.1. The highest BCUT2D eigenvalue weighted by molar-refractivity contribution is 7.22. The Kier molecular flexibility index (Phi) is 3.31. The zero-order chi connectivity index (χ0) is 14.9. The second kappa shape index (κ2) is 5.46. The number of rotatable bonds is 2. The molecule has 0 unspecified atom stereocenters. The van der Waals surface area contributed by atoms with Gasteiger partial charge in [0, 0.05) is 32.4 Å². The third-order valence-electron chi connectivity index (χ3n) is 3.88. The Morgan fingerprint density at radius 2 is 1.82 bits per heavy atom. The summed E-state index contributed by atoms with van der Waals surface area (Å²) in [7, 11) is 0. The molecule has 3 aromatic rings. The Balaban J connectivity index is 1.50. The van der Waals surface area contributed by atoms with E-state index in [9.17, 15) is 5.11 Å². The van der Waals surface area contributed by atoms with Gasteiger partial charge in [-0.2, -0.15) is 0 Å². The molecule has 22 heavy (non-hydrogen) atoms. The van der Waals surface area contributed by atoms with Crippen LogP contribution in [0.15, 0.2) is 42.6 Å². The van der Waals surface area contributed by atoms with Gasteiger partial charge in [-0.3, -0.25) is 0 Å². The molecule has 0 spiro atoms. The van der Waals surface area contributed by atoms with Crippen LogP contribution in [0.4, 0.5) is 10.9 Å². The topological polar surface area (TPSA) is 52.5 Å². The third-order valence-corrected chi connectivity index (χ3v) is 4.96. The third kappa shape index (κ3) is 2.46. The van der Waals surface area contributed by atoms with Crippen molar-refractivity contribution < 1.29 is 5.11 Å². The Labute approximate surface area is 132 Å². The first-order valence-corrected chi connectivity index (χ1v) is 8.12. The minimum Gasteiger partial charge on any atom is -0.508 e. The van der Waals surface area contributed by atoms with Gasteiger partial charge in [-0.25, -0.2) is 9.97 Å². The van der Waals surface area contributed by atoms with E-state index in [0.717, 1.165) is 47.3 Å². The van der Waals surface area contributed by atoms with Crippen LogP contribution in [0.25, 0.3) is 10.2 Å². The van der Waals surface area contributed by atoms with E-state index < -0.39 is 0 Å². The van der Waals surface area contributed by atoms with Gasteiger partial charge in [-0.05, 0) is 30.3 Å². The van der Waals surface area contributed by atoms with Gasteiger partial charge in [0.1, 0.15) is 11.6 Å². The SMILES string of the molecule is Oc1ccc2nc(N3CCN(c4ccccn4)CC3)sc2c1. The molecule has 6 heteroatoms. The average molecular weight is 312 g/mol. The van der Waals surface area contributed by atoms with Crippen LogP contribution in [0.5, 0.6) is 5.75 Å². The average Bonchev–Trinajstić information content (AvgIpc) is 2.99.